The van der Waals surface area contributed by atoms with Gasteiger partial charge in [0.25, 0.3) is 5.91 Å². The van der Waals surface area contributed by atoms with E-state index in [1.807, 2.05) is 36.4 Å². The number of aryl methyl sites for hydroxylation is 1. The maximum atomic E-state index is 12.9. The van der Waals surface area contributed by atoms with Gasteiger partial charge in [-0.15, -0.1) is 22.7 Å². The molecule has 5 nitrogen and oxygen atoms in total. The third kappa shape index (κ3) is 3.26. The summed E-state index contributed by atoms with van der Waals surface area (Å²) in [5.74, 6) is 1.03. The largest absolute Gasteiger partial charge is 0.485 e. The van der Waals surface area contributed by atoms with E-state index in [-0.39, 0.29) is 12.5 Å². The Hall–Kier alpha value is -2.90. The van der Waals surface area contributed by atoms with E-state index in [9.17, 15) is 4.79 Å². The highest BCUT2D eigenvalue weighted by Gasteiger charge is 2.29. The van der Waals surface area contributed by atoms with Gasteiger partial charge < -0.3 is 14.8 Å². The average molecular weight is 423 g/mol. The van der Waals surface area contributed by atoms with Gasteiger partial charge in [0, 0.05) is 10.4 Å². The van der Waals surface area contributed by atoms with Crippen molar-refractivity contribution in [3.63, 3.8) is 0 Å². The van der Waals surface area contributed by atoms with Crippen LogP contribution >= 0.6 is 22.7 Å². The van der Waals surface area contributed by atoms with Crippen LogP contribution in [-0.2, 0) is 4.79 Å². The fourth-order valence-electron chi connectivity index (χ4n) is 3.29. The van der Waals surface area contributed by atoms with Gasteiger partial charge in [-0.3, -0.25) is 4.79 Å². The van der Waals surface area contributed by atoms with Gasteiger partial charge in [-0.25, -0.2) is 4.98 Å². The summed E-state index contributed by atoms with van der Waals surface area (Å²) in [5, 5.41) is 4.77. The van der Waals surface area contributed by atoms with Crippen molar-refractivity contribution in [1.29, 1.82) is 0 Å². The first-order valence-electron chi connectivity index (χ1n) is 9.25. The molecule has 1 aliphatic rings. The van der Waals surface area contributed by atoms with Crippen molar-refractivity contribution < 1.29 is 14.3 Å². The summed E-state index contributed by atoms with van der Waals surface area (Å²) in [6.45, 7) is 4.31. The molecule has 1 aliphatic heterocycles. The SMILES string of the molecule is Cc1sc(NC(=O)C2COc3ccccc3O2)c(-c2nc3ccccc3s2)c1C. The number of benzene rings is 2. The van der Waals surface area contributed by atoms with Crippen LogP contribution in [0.1, 0.15) is 10.4 Å². The van der Waals surface area contributed by atoms with Gasteiger partial charge in [-0.2, -0.15) is 0 Å². The predicted molar refractivity (Wildman–Crippen MR) is 117 cm³/mol. The number of thiophene rings is 1. The van der Waals surface area contributed by atoms with E-state index in [0.717, 1.165) is 36.2 Å². The Morgan fingerprint density at radius 1 is 1.07 bits per heavy atom. The summed E-state index contributed by atoms with van der Waals surface area (Å²) in [6, 6.07) is 15.4. The summed E-state index contributed by atoms with van der Waals surface area (Å²) in [4.78, 5) is 18.9. The van der Waals surface area contributed by atoms with Gasteiger partial charge in [-0.05, 0) is 43.7 Å². The molecule has 0 radical (unpaired) electrons. The Balaban J connectivity index is 1.45. The van der Waals surface area contributed by atoms with Crippen molar-refractivity contribution in [1.82, 2.24) is 4.98 Å². The maximum absolute atomic E-state index is 12.9. The first kappa shape index (κ1) is 18.1. The number of nitrogens with zero attached hydrogens (tertiary/aromatic N) is 1. The zero-order chi connectivity index (χ0) is 20.0. The number of nitrogens with one attached hydrogen (secondary N) is 1. The minimum Gasteiger partial charge on any atom is -0.485 e. The molecule has 5 rings (SSSR count). The minimum atomic E-state index is -0.698. The van der Waals surface area contributed by atoms with Crippen molar-refractivity contribution in [2.24, 2.45) is 0 Å². The Labute approximate surface area is 175 Å². The number of carbonyl (C=O) groups is 1. The number of amides is 1. The van der Waals surface area contributed by atoms with Crippen molar-refractivity contribution in [2.75, 3.05) is 11.9 Å². The number of hydrogen-bond donors (Lipinski definition) is 1. The van der Waals surface area contributed by atoms with E-state index < -0.39 is 6.10 Å². The molecule has 3 heterocycles. The van der Waals surface area contributed by atoms with E-state index in [1.165, 1.54) is 0 Å². The lowest BCUT2D eigenvalue weighted by Gasteiger charge is -2.25. The van der Waals surface area contributed by atoms with Crippen LogP contribution in [0.2, 0.25) is 0 Å². The molecule has 0 saturated heterocycles. The molecule has 1 amide bonds. The Morgan fingerprint density at radius 2 is 1.83 bits per heavy atom. The van der Waals surface area contributed by atoms with Crippen LogP contribution in [0.4, 0.5) is 5.00 Å². The lowest BCUT2D eigenvalue weighted by Crippen LogP contribution is -2.40. The van der Waals surface area contributed by atoms with E-state index >= 15 is 0 Å². The molecule has 7 heteroatoms. The van der Waals surface area contributed by atoms with E-state index in [1.54, 1.807) is 28.7 Å². The van der Waals surface area contributed by atoms with Gasteiger partial charge >= 0.3 is 0 Å². The molecule has 1 atom stereocenters. The number of carbonyl (C=O) groups excluding carboxylic acids is 1. The smallest absolute Gasteiger partial charge is 0.269 e. The zero-order valence-corrected chi connectivity index (χ0v) is 17.5. The highest BCUT2D eigenvalue weighted by Crippen LogP contribution is 2.43. The molecule has 29 heavy (non-hydrogen) atoms. The first-order valence-corrected chi connectivity index (χ1v) is 10.9. The number of hydrogen-bond acceptors (Lipinski definition) is 6. The van der Waals surface area contributed by atoms with Crippen LogP contribution in [0.25, 0.3) is 20.8 Å². The Bertz CT molecular complexity index is 1200. The number of rotatable bonds is 3. The van der Waals surface area contributed by atoms with Gasteiger partial charge in [0.2, 0.25) is 6.10 Å². The molecule has 0 saturated carbocycles. The second-order valence-corrected chi connectivity index (χ2v) is 9.08. The highest BCUT2D eigenvalue weighted by molar-refractivity contribution is 7.22. The summed E-state index contributed by atoms with van der Waals surface area (Å²) >= 11 is 3.20. The van der Waals surface area contributed by atoms with Crippen molar-refractivity contribution in [2.45, 2.75) is 20.0 Å². The molecule has 146 valence electrons. The molecule has 0 spiro atoms. The zero-order valence-electron chi connectivity index (χ0n) is 15.9. The van der Waals surface area contributed by atoms with E-state index in [4.69, 9.17) is 14.5 Å². The third-order valence-electron chi connectivity index (χ3n) is 4.93. The summed E-state index contributed by atoms with van der Waals surface area (Å²) in [5.41, 5.74) is 3.09. The van der Waals surface area contributed by atoms with Crippen LogP contribution < -0.4 is 14.8 Å². The van der Waals surface area contributed by atoms with Gasteiger partial charge in [-0.1, -0.05) is 24.3 Å². The van der Waals surface area contributed by atoms with Crippen LogP contribution in [0.15, 0.2) is 48.5 Å². The molecular formula is C22H18N2O3S2. The summed E-state index contributed by atoms with van der Waals surface area (Å²) in [6.07, 6.45) is -0.698. The maximum Gasteiger partial charge on any atom is 0.269 e. The van der Waals surface area contributed by atoms with Crippen molar-refractivity contribution in [3.8, 4) is 22.1 Å². The lowest BCUT2D eigenvalue weighted by atomic mass is 10.1. The molecule has 1 unspecified atom stereocenters. The fourth-order valence-corrected chi connectivity index (χ4v) is 5.50. The number of ether oxygens (including phenoxy) is 2. The second kappa shape index (κ2) is 7.17. The molecular weight excluding hydrogens is 404 g/mol. The number of aromatic nitrogens is 1. The first-order chi connectivity index (χ1) is 14.1. The van der Waals surface area contributed by atoms with Crippen LogP contribution in [0.3, 0.4) is 0 Å². The highest BCUT2D eigenvalue weighted by atomic mass is 32.1. The molecule has 2 aromatic heterocycles. The Morgan fingerprint density at radius 3 is 2.66 bits per heavy atom. The normalized spacial score (nSPS) is 15.4. The molecule has 4 aromatic rings. The van der Waals surface area contributed by atoms with Gasteiger partial charge in [0.1, 0.15) is 16.6 Å². The molecule has 2 aromatic carbocycles. The standard InChI is InChI=1S/C22H18N2O3S2/c1-12-13(2)28-22(19(12)21-23-14-7-3-6-10-18(14)29-21)24-20(25)17-11-26-15-8-4-5-9-16(15)27-17/h3-10,17H,11H2,1-2H3,(H,24,25). The van der Waals surface area contributed by atoms with E-state index in [2.05, 4.69) is 25.2 Å². The Kier molecular flexibility index (Phi) is 4.49. The van der Waals surface area contributed by atoms with Crippen molar-refractivity contribution in [3.05, 3.63) is 59.0 Å². The monoisotopic (exact) mass is 422 g/mol. The molecule has 0 bridgehead atoms. The number of fused-ring (bicyclic) bond motifs is 2. The number of anilines is 1. The minimum absolute atomic E-state index is 0.183. The van der Waals surface area contributed by atoms with Gasteiger partial charge in [0.05, 0.1) is 10.2 Å². The fraction of sp³-hybridized carbons (Fsp3) is 0.182. The quantitative estimate of drug-likeness (QED) is 0.479. The van der Waals surface area contributed by atoms with Gasteiger partial charge in [0.15, 0.2) is 11.5 Å². The summed E-state index contributed by atoms with van der Waals surface area (Å²) in [7, 11) is 0. The van der Waals surface area contributed by atoms with Crippen molar-refractivity contribution >= 4 is 43.8 Å². The van der Waals surface area contributed by atoms with Crippen LogP contribution in [0.5, 0.6) is 11.5 Å². The predicted octanol–water partition coefficient (Wildman–Crippen LogP) is 5.42. The number of para-hydroxylation sites is 3. The molecule has 1 N–H and O–H groups in total. The summed E-state index contributed by atoms with van der Waals surface area (Å²) < 4.78 is 12.7. The molecule has 0 aliphatic carbocycles. The molecule has 0 fully saturated rings. The van der Waals surface area contributed by atoms with Crippen LogP contribution in [0, 0.1) is 13.8 Å². The van der Waals surface area contributed by atoms with E-state index in [0.29, 0.717) is 11.5 Å². The number of thiazole rings is 1. The van der Waals surface area contributed by atoms with Crippen LogP contribution in [-0.4, -0.2) is 23.6 Å². The lowest BCUT2D eigenvalue weighted by molar-refractivity contribution is -0.125. The topological polar surface area (TPSA) is 60.5 Å². The second-order valence-electron chi connectivity index (χ2n) is 6.83. The average Bonchev–Trinajstić information content (AvgIpc) is 3.28. The third-order valence-corrected chi connectivity index (χ3v) is 7.11.